The number of anilines is 1. The SMILES string of the molecule is CC(C)(C)OC(=O)Nc1ccc(CC2(CN)CC2)c(F)c1. The molecule has 1 aromatic carbocycles. The molecule has 0 unspecified atom stereocenters. The Kier molecular flexibility index (Phi) is 4.23. The Balaban J connectivity index is 2.00. The van der Waals surface area contributed by atoms with Gasteiger partial charge in [-0.25, -0.2) is 9.18 Å². The molecule has 0 heterocycles. The fraction of sp³-hybridized carbons (Fsp3) is 0.562. The molecule has 0 aliphatic heterocycles. The summed E-state index contributed by atoms with van der Waals surface area (Å²) in [5, 5.41) is 2.53. The zero-order valence-electron chi connectivity index (χ0n) is 12.8. The van der Waals surface area contributed by atoms with Gasteiger partial charge in [-0.05, 0) is 69.7 Å². The van der Waals surface area contributed by atoms with Crippen molar-refractivity contribution in [2.45, 2.75) is 45.6 Å². The number of hydrogen-bond acceptors (Lipinski definition) is 3. The Morgan fingerprint density at radius 3 is 2.57 bits per heavy atom. The van der Waals surface area contributed by atoms with Crippen LogP contribution in [-0.2, 0) is 11.2 Å². The number of rotatable bonds is 4. The molecule has 1 fully saturated rings. The Bertz CT molecular complexity index is 534. The molecule has 1 saturated carbocycles. The smallest absolute Gasteiger partial charge is 0.412 e. The van der Waals surface area contributed by atoms with E-state index >= 15 is 0 Å². The highest BCUT2D eigenvalue weighted by atomic mass is 19.1. The van der Waals surface area contributed by atoms with Gasteiger partial charge in [0, 0.05) is 5.69 Å². The van der Waals surface area contributed by atoms with Crippen molar-refractivity contribution < 1.29 is 13.9 Å². The lowest BCUT2D eigenvalue weighted by Crippen LogP contribution is -2.27. The first kappa shape index (κ1) is 15.8. The van der Waals surface area contributed by atoms with Crippen LogP contribution < -0.4 is 11.1 Å². The quantitative estimate of drug-likeness (QED) is 0.894. The third kappa shape index (κ3) is 4.43. The molecule has 0 bridgehead atoms. The van der Waals surface area contributed by atoms with E-state index < -0.39 is 11.7 Å². The highest BCUT2D eigenvalue weighted by Crippen LogP contribution is 2.47. The van der Waals surface area contributed by atoms with Crippen molar-refractivity contribution in [2.24, 2.45) is 11.1 Å². The average molecular weight is 294 g/mol. The van der Waals surface area contributed by atoms with E-state index in [1.807, 2.05) is 0 Å². The van der Waals surface area contributed by atoms with E-state index in [9.17, 15) is 9.18 Å². The van der Waals surface area contributed by atoms with Crippen molar-refractivity contribution in [3.8, 4) is 0 Å². The Morgan fingerprint density at radius 1 is 1.43 bits per heavy atom. The Labute approximate surface area is 124 Å². The van der Waals surface area contributed by atoms with Crippen LogP contribution >= 0.6 is 0 Å². The number of hydrogen-bond donors (Lipinski definition) is 2. The third-order valence-corrected chi connectivity index (χ3v) is 3.65. The molecular formula is C16H23FN2O2. The summed E-state index contributed by atoms with van der Waals surface area (Å²) in [5.74, 6) is -0.316. The lowest BCUT2D eigenvalue weighted by molar-refractivity contribution is 0.0636. The van der Waals surface area contributed by atoms with Crippen LogP contribution in [0.3, 0.4) is 0 Å². The number of amides is 1. The normalized spacial score (nSPS) is 16.4. The number of halogens is 1. The van der Waals surface area contributed by atoms with Gasteiger partial charge in [-0.1, -0.05) is 6.07 Å². The number of benzene rings is 1. The summed E-state index contributed by atoms with van der Waals surface area (Å²) >= 11 is 0. The Hall–Kier alpha value is -1.62. The van der Waals surface area contributed by atoms with E-state index in [1.54, 1.807) is 32.9 Å². The molecule has 4 nitrogen and oxygen atoms in total. The molecule has 0 atom stereocenters. The molecule has 0 radical (unpaired) electrons. The van der Waals surface area contributed by atoms with Gasteiger partial charge in [0.1, 0.15) is 11.4 Å². The van der Waals surface area contributed by atoms with Crippen LogP contribution in [0.15, 0.2) is 18.2 Å². The van der Waals surface area contributed by atoms with E-state index in [1.165, 1.54) is 6.07 Å². The molecule has 21 heavy (non-hydrogen) atoms. The van der Waals surface area contributed by atoms with Gasteiger partial charge in [0.2, 0.25) is 0 Å². The van der Waals surface area contributed by atoms with Crippen LogP contribution in [0.25, 0.3) is 0 Å². The summed E-state index contributed by atoms with van der Waals surface area (Å²) in [6.07, 6.45) is 2.18. The summed E-state index contributed by atoms with van der Waals surface area (Å²) < 4.78 is 19.2. The molecule has 5 heteroatoms. The first-order chi connectivity index (χ1) is 9.73. The number of nitrogens with one attached hydrogen (secondary N) is 1. The summed E-state index contributed by atoms with van der Waals surface area (Å²) in [6.45, 7) is 5.92. The second-order valence-corrected chi connectivity index (χ2v) is 6.81. The maximum absolute atomic E-state index is 14.1. The Morgan fingerprint density at radius 2 is 2.10 bits per heavy atom. The monoisotopic (exact) mass is 294 g/mol. The molecule has 0 saturated heterocycles. The van der Waals surface area contributed by atoms with Crippen LogP contribution in [0.2, 0.25) is 0 Å². The predicted molar refractivity (Wildman–Crippen MR) is 80.7 cm³/mol. The highest BCUT2D eigenvalue weighted by molar-refractivity contribution is 5.84. The van der Waals surface area contributed by atoms with Gasteiger partial charge in [-0.2, -0.15) is 0 Å². The molecule has 1 amide bonds. The number of carbonyl (C=O) groups is 1. The van der Waals surface area contributed by atoms with Gasteiger partial charge in [0.25, 0.3) is 0 Å². The van der Waals surface area contributed by atoms with E-state index in [-0.39, 0.29) is 11.2 Å². The van der Waals surface area contributed by atoms with Gasteiger partial charge in [0.15, 0.2) is 0 Å². The van der Waals surface area contributed by atoms with Crippen LogP contribution in [-0.4, -0.2) is 18.2 Å². The average Bonchev–Trinajstić information content (AvgIpc) is 3.11. The highest BCUT2D eigenvalue weighted by Gasteiger charge is 2.41. The maximum atomic E-state index is 14.1. The lowest BCUT2D eigenvalue weighted by Gasteiger charge is -2.20. The van der Waals surface area contributed by atoms with Gasteiger partial charge >= 0.3 is 6.09 Å². The van der Waals surface area contributed by atoms with Crippen LogP contribution in [0, 0.1) is 11.2 Å². The van der Waals surface area contributed by atoms with E-state index in [0.29, 0.717) is 24.2 Å². The van der Waals surface area contributed by atoms with Crippen molar-refractivity contribution in [1.29, 1.82) is 0 Å². The van der Waals surface area contributed by atoms with Gasteiger partial charge in [-0.3, -0.25) is 5.32 Å². The molecule has 2 rings (SSSR count). The molecule has 3 N–H and O–H groups in total. The molecule has 1 aliphatic rings. The van der Waals surface area contributed by atoms with E-state index in [0.717, 1.165) is 12.8 Å². The number of nitrogens with two attached hydrogens (primary N) is 1. The van der Waals surface area contributed by atoms with Gasteiger partial charge in [0.05, 0.1) is 0 Å². The predicted octanol–water partition coefficient (Wildman–Crippen LogP) is 3.45. The van der Waals surface area contributed by atoms with Crippen molar-refractivity contribution >= 4 is 11.8 Å². The summed E-state index contributed by atoms with van der Waals surface area (Å²) in [4.78, 5) is 11.6. The zero-order chi connectivity index (χ0) is 15.7. The minimum Gasteiger partial charge on any atom is -0.444 e. The topological polar surface area (TPSA) is 64.3 Å². The first-order valence-electron chi connectivity index (χ1n) is 7.22. The van der Waals surface area contributed by atoms with E-state index in [2.05, 4.69) is 5.32 Å². The number of carbonyl (C=O) groups excluding carboxylic acids is 1. The fourth-order valence-electron chi connectivity index (χ4n) is 2.22. The van der Waals surface area contributed by atoms with Gasteiger partial charge < -0.3 is 10.5 Å². The molecule has 0 aromatic heterocycles. The van der Waals surface area contributed by atoms with E-state index in [4.69, 9.17) is 10.5 Å². The van der Waals surface area contributed by atoms with Crippen LogP contribution in [0.5, 0.6) is 0 Å². The van der Waals surface area contributed by atoms with Crippen molar-refractivity contribution in [3.63, 3.8) is 0 Å². The molecule has 1 aromatic rings. The largest absolute Gasteiger partial charge is 0.444 e. The second-order valence-electron chi connectivity index (χ2n) is 6.81. The summed E-state index contributed by atoms with van der Waals surface area (Å²) in [7, 11) is 0. The lowest BCUT2D eigenvalue weighted by atomic mass is 9.96. The number of ether oxygens (including phenoxy) is 1. The first-order valence-corrected chi connectivity index (χ1v) is 7.22. The van der Waals surface area contributed by atoms with Gasteiger partial charge in [-0.15, -0.1) is 0 Å². The summed E-state index contributed by atoms with van der Waals surface area (Å²) in [6, 6.07) is 4.72. The molecular weight excluding hydrogens is 271 g/mol. The summed E-state index contributed by atoms with van der Waals surface area (Å²) in [5.41, 5.74) is 6.27. The second kappa shape index (κ2) is 5.64. The zero-order valence-corrected chi connectivity index (χ0v) is 12.8. The van der Waals surface area contributed by atoms with Crippen molar-refractivity contribution in [3.05, 3.63) is 29.6 Å². The van der Waals surface area contributed by atoms with Crippen molar-refractivity contribution in [1.82, 2.24) is 0 Å². The maximum Gasteiger partial charge on any atom is 0.412 e. The molecule has 0 spiro atoms. The molecule has 1 aliphatic carbocycles. The standard InChI is InChI=1S/C16H23FN2O2/c1-15(2,3)21-14(20)19-12-5-4-11(13(17)8-12)9-16(10-18)6-7-16/h4-5,8H,6-7,9-10,18H2,1-3H3,(H,19,20). The minimum atomic E-state index is -0.588. The molecule has 116 valence electrons. The fourth-order valence-corrected chi connectivity index (χ4v) is 2.22. The van der Waals surface area contributed by atoms with Crippen LogP contribution in [0.1, 0.15) is 39.2 Å². The minimum absolute atomic E-state index is 0.0843. The van der Waals surface area contributed by atoms with Crippen LogP contribution in [0.4, 0.5) is 14.9 Å². The van der Waals surface area contributed by atoms with Crippen molar-refractivity contribution in [2.75, 3.05) is 11.9 Å². The third-order valence-electron chi connectivity index (χ3n) is 3.65.